The van der Waals surface area contributed by atoms with E-state index in [1.807, 2.05) is 0 Å². The molecule has 0 amide bonds. The fraction of sp³-hybridized carbons (Fsp3) is 0.714. The Morgan fingerprint density at radius 3 is 2.78 bits per heavy atom. The molecule has 0 radical (unpaired) electrons. The van der Waals surface area contributed by atoms with Crippen molar-refractivity contribution in [3.63, 3.8) is 0 Å². The second kappa shape index (κ2) is 5.84. The molecule has 0 saturated carbocycles. The third-order valence-corrected chi connectivity index (χ3v) is 3.78. The summed E-state index contributed by atoms with van der Waals surface area (Å²) in [5.41, 5.74) is 0. The lowest BCUT2D eigenvalue weighted by atomic mass is 10.4. The number of rotatable bonds is 7. The molecule has 1 atom stereocenters. The summed E-state index contributed by atoms with van der Waals surface area (Å²) >= 11 is 0. The van der Waals surface area contributed by atoms with Gasteiger partial charge in [0.1, 0.15) is 0 Å². The number of carboxylic acid groups (broad SMARTS) is 1. The second-order valence-electron chi connectivity index (χ2n) is 3.58. The van der Waals surface area contributed by atoms with Gasteiger partial charge in [0, 0.05) is 13.6 Å². The topological polar surface area (TPSA) is 141 Å². The lowest BCUT2D eigenvalue weighted by Gasteiger charge is -2.18. The van der Waals surface area contributed by atoms with Crippen LogP contribution in [0.15, 0.2) is 0 Å². The highest BCUT2D eigenvalue weighted by Crippen LogP contribution is 2.07. The van der Waals surface area contributed by atoms with Gasteiger partial charge in [-0.2, -0.15) is 22.7 Å². The Labute approximate surface area is 104 Å². The number of hydrogen-bond donors (Lipinski definition) is 3. The van der Waals surface area contributed by atoms with E-state index < -0.39 is 22.2 Å². The number of carboxylic acids is 1. The van der Waals surface area contributed by atoms with Crippen LogP contribution in [-0.4, -0.2) is 58.0 Å². The molecule has 0 fully saturated rings. The first-order valence-corrected chi connectivity index (χ1v) is 6.45. The number of carbonyl (C=O) groups is 1. The van der Waals surface area contributed by atoms with Crippen LogP contribution in [-0.2, 0) is 15.0 Å². The predicted molar refractivity (Wildman–Crippen MR) is 59.5 cm³/mol. The number of H-pyrrole nitrogens is 1. The Morgan fingerprint density at radius 2 is 2.28 bits per heavy atom. The summed E-state index contributed by atoms with van der Waals surface area (Å²) in [6.45, 7) is 1.43. The molecule has 0 bridgehead atoms. The van der Waals surface area contributed by atoms with E-state index >= 15 is 0 Å². The quantitative estimate of drug-likeness (QED) is 0.551. The zero-order valence-electron chi connectivity index (χ0n) is 9.86. The van der Waals surface area contributed by atoms with Crippen LogP contribution in [0.5, 0.6) is 0 Å². The molecule has 0 aliphatic heterocycles. The number of aromatic nitrogens is 4. The average molecular weight is 278 g/mol. The smallest absolute Gasteiger partial charge is 0.304 e. The van der Waals surface area contributed by atoms with E-state index in [-0.39, 0.29) is 18.8 Å². The van der Waals surface area contributed by atoms with Crippen LogP contribution < -0.4 is 4.72 Å². The Kier molecular flexibility index (Phi) is 4.69. The van der Waals surface area contributed by atoms with Crippen molar-refractivity contribution in [2.75, 3.05) is 13.6 Å². The van der Waals surface area contributed by atoms with Gasteiger partial charge in [0.15, 0.2) is 5.82 Å². The molecule has 1 aromatic rings. The number of nitrogens with one attached hydrogen (secondary N) is 2. The van der Waals surface area contributed by atoms with Gasteiger partial charge in [-0.15, -0.1) is 10.2 Å². The summed E-state index contributed by atoms with van der Waals surface area (Å²) in [4.78, 5) is 10.4. The van der Waals surface area contributed by atoms with Crippen molar-refractivity contribution in [3.8, 4) is 0 Å². The first-order chi connectivity index (χ1) is 8.33. The molecule has 102 valence electrons. The van der Waals surface area contributed by atoms with Crippen LogP contribution in [0.1, 0.15) is 25.2 Å². The zero-order valence-corrected chi connectivity index (χ0v) is 10.7. The van der Waals surface area contributed by atoms with Gasteiger partial charge in [0.05, 0.1) is 12.5 Å². The summed E-state index contributed by atoms with van der Waals surface area (Å²) in [5.74, 6) is -0.867. The Balaban J connectivity index is 2.61. The van der Waals surface area contributed by atoms with Crippen LogP contribution in [0.25, 0.3) is 0 Å². The van der Waals surface area contributed by atoms with E-state index in [0.717, 1.165) is 4.31 Å². The first kappa shape index (κ1) is 14.5. The Morgan fingerprint density at radius 1 is 1.61 bits per heavy atom. The third kappa shape index (κ3) is 4.01. The van der Waals surface area contributed by atoms with E-state index in [4.69, 9.17) is 5.11 Å². The van der Waals surface area contributed by atoms with Crippen LogP contribution in [0.3, 0.4) is 0 Å². The van der Waals surface area contributed by atoms with Crippen LogP contribution >= 0.6 is 0 Å². The molecule has 0 aromatic carbocycles. The van der Waals surface area contributed by atoms with E-state index in [1.165, 1.54) is 7.05 Å². The summed E-state index contributed by atoms with van der Waals surface area (Å²) in [6.07, 6.45) is -0.270. The first-order valence-electron chi connectivity index (χ1n) is 5.01. The monoisotopic (exact) mass is 278 g/mol. The minimum absolute atomic E-state index is 0.121. The van der Waals surface area contributed by atoms with Crippen LogP contribution in [0, 0.1) is 0 Å². The fourth-order valence-corrected chi connectivity index (χ4v) is 2.16. The molecule has 1 aromatic heterocycles. The molecule has 1 rings (SSSR count). The highest BCUT2D eigenvalue weighted by atomic mass is 32.2. The maximum atomic E-state index is 11.8. The van der Waals surface area contributed by atoms with Gasteiger partial charge in [-0.1, -0.05) is 5.21 Å². The van der Waals surface area contributed by atoms with E-state index in [1.54, 1.807) is 6.92 Å². The highest BCUT2D eigenvalue weighted by Gasteiger charge is 2.23. The molecule has 18 heavy (non-hydrogen) atoms. The fourth-order valence-electron chi connectivity index (χ4n) is 1.09. The summed E-state index contributed by atoms with van der Waals surface area (Å²) in [5, 5.41) is 21.3. The van der Waals surface area contributed by atoms with E-state index in [0.29, 0.717) is 0 Å². The van der Waals surface area contributed by atoms with Gasteiger partial charge >= 0.3 is 5.97 Å². The van der Waals surface area contributed by atoms with Crippen molar-refractivity contribution >= 4 is 16.2 Å². The van der Waals surface area contributed by atoms with Gasteiger partial charge in [-0.3, -0.25) is 4.79 Å². The molecule has 3 N–H and O–H groups in total. The largest absolute Gasteiger partial charge is 0.481 e. The van der Waals surface area contributed by atoms with E-state index in [2.05, 4.69) is 25.3 Å². The number of tetrazole rings is 1. The molecule has 11 heteroatoms. The number of aliphatic carboxylic acids is 1. The zero-order chi connectivity index (χ0) is 13.8. The normalized spacial score (nSPS) is 13.7. The van der Waals surface area contributed by atoms with Crippen LogP contribution in [0.2, 0.25) is 0 Å². The van der Waals surface area contributed by atoms with E-state index in [9.17, 15) is 13.2 Å². The summed E-state index contributed by atoms with van der Waals surface area (Å²) in [6, 6.07) is -0.666. The lowest BCUT2D eigenvalue weighted by molar-refractivity contribution is -0.137. The number of nitrogens with zero attached hydrogens (tertiary/aromatic N) is 4. The van der Waals surface area contributed by atoms with Crippen LogP contribution in [0.4, 0.5) is 0 Å². The molecule has 1 heterocycles. The van der Waals surface area contributed by atoms with Crippen molar-refractivity contribution in [2.24, 2.45) is 0 Å². The number of hydrogen-bond acceptors (Lipinski definition) is 6. The van der Waals surface area contributed by atoms with Gasteiger partial charge in [-0.25, -0.2) is 0 Å². The van der Waals surface area contributed by atoms with Crippen molar-refractivity contribution in [3.05, 3.63) is 5.82 Å². The summed E-state index contributed by atoms with van der Waals surface area (Å²) in [7, 11) is -2.50. The summed E-state index contributed by atoms with van der Waals surface area (Å²) < 4.78 is 26.8. The van der Waals surface area contributed by atoms with Crippen molar-refractivity contribution in [1.82, 2.24) is 29.7 Å². The number of aromatic amines is 1. The second-order valence-corrected chi connectivity index (χ2v) is 5.39. The minimum atomic E-state index is -3.78. The molecule has 1 unspecified atom stereocenters. The standard InChI is InChI=1S/C7H14N6O4S/c1-5(7-8-11-12-9-7)10-18(16,17)13(2)4-3-6(14)15/h5,10H,3-4H2,1-2H3,(H,14,15)(H,8,9,11,12). The maximum Gasteiger partial charge on any atom is 0.304 e. The average Bonchev–Trinajstić information content (AvgIpc) is 2.78. The van der Waals surface area contributed by atoms with Gasteiger partial charge in [-0.05, 0) is 6.92 Å². The molecule has 0 spiro atoms. The van der Waals surface area contributed by atoms with Crippen molar-refractivity contribution in [2.45, 2.75) is 19.4 Å². The third-order valence-electron chi connectivity index (χ3n) is 2.13. The molecule has 0 saturated heterocycles. The van der Waals surface area contributed by atoms with Gasteiger partial charge in [0.25, 0.3) is 10.2 Å². The predicted octanol–water partition coefficient (Wildman–Crippen LogP) is -1.50. The molecule has 10 nitrogen and oxygen atoms in total. The minimum Gasteiger partial charge on any atom is -0.481 e. The molecular formula is C7H14N6O4S. The van der Waals surface area contributed by atoms with Crippen molar-refractivity contribution in [1.29, 1.82) is 0 Å². The van der Waals surface area contributed by atoms with Gasteiger partial charge in [0.2, 0.25) is 0 Å². The van der Waals surface area contributed by atoms with Gasteiger partial charge < -0.3 is 5.11 Å². The molecule has 0 aliphatic rings. The highest BCUT2D eigenvalue weighted by molar-refractivity contribution is 7.87. The maximum absolute atomic E-state index is 11.8. The SMILES string of the molecule is CC(NS(=O)(=O)N(C)CCC(=O)O)c1nn[nH]n1. The Hall–Kier alpha value is -1.59. The van der Waals surface area contributed by atoms with Crippen molar-refractivity contribution < 1.29 is 18.3 Å². The molecular weight excluding hydrogens is 264 g/mol. The lowest BCUT2D eigenvalue weighted by Crippen LogP contribution is -2.40. The molecule has 0 aliphatic carbocycles. The Bertz CT molecular complexity index is 486.